The third kappa shape index (κ3) is 1.81. The summed E-state index contributed by atoms with van der Waals surface area (Å²) in [4.78, 5) is 0. The Balaban J connectivity index is 1.78. The normalized spacial score (nSPS) is 35.6. The van der Waals surface area contributed by atoms with Gasteiger partial charge in [0.25, 0.3) is 0 Å². The van der Waals surface area contributed by atoms with Gasteiger partial charge in [-0.15, -0.1) is 0 Å². The van der Waals surface area contributed by atoms with Gasteiger partial charge < -0.3 is 4.74 Å². The summed E-state index contributed by atoms with van der Waals surface area (Å²) in [5, 5.41) is 0. The molecular weight excluding hydrogens is 232 g/mol. The van der Waals surface area contributed by atoms with Crippen molar-refractivity contribution in [2.75, 3.05) is 0 Å². The molecule has 0 heterocycles. The molecule has 2 saturated carbocycles. The minimum Gasteiger partial charge on any atom is -0.490 e. The fraction of sp³-hybridized carbons (Fsp3) is 0.667. The summed E-state index contributed by atoms with van der Waals surface area (Å²) in [6.45, 7) is 9.50. The summed E-state index contributed by atoms with van der Waals surface area (Å²) in [5.41, 5.74) is 2.16. The van der Waals surface area contributed by atoms with Crippen LogP contribution in [-0.4, -0.2) is 6.10 Å². The largest absolute Gasteiger partial charge is 0.490 e. The Morgan fingerprint density at radius 1 is 1.16 bits per heavy atom. The van der Waals surface area contributed by atoms with Crippen molar-refractivity contribution in [3.63, 3.8) is 0 Å². The van der Waals surface area contributed by atoms with E-state index in [-0.39, 0.29) is 0 Å². The van der Waals surface area contributed by atoms with Crippen LogP contribution in [0.25, 0.3) is 0 Å². The topological polar surface area (TPSA) is 9.23 Å². The SMILES string of the molecule is CCc1ccc(OC2CC3CCC2(C)C3(C)C)cc1. The maximum absolute atomic E-state index is 6.35. The van der Waals surface area contributed by atoms with E-state index in [0.29, 0.717) is 16.9 Å². The Morgan fingerprint density at radius 3 is 2.32 bits per heavy atom. The van der Waals surface area contributed by atoms with Gasteiger partial charge in [0, 0.05) is 5.41 Å². The second-order valence-corrected chi connectivity index (χ2v) is 7.21. The number of hydrogen-bond acceptors (Lipinski definition) is 1. The van der Waals surface area contributed by atoms with E-state index in [1.165, 1.54) is 24.8 Å². The van der Waals surface area contributed by atoms with E-state index in [4.69, 9.17) is 4.74 Å². The molecule has 19 heavy (non-hydrogen) atoms. The van der Waals surface area contributed by atoms with Crippen LogP contribution in [0.1, 0.15) is 52.5 Å². The van der Waals surface area contributed by atoms with Gasteiger partial charge in [0.15, 0.2) is 0 Å². The minimum absolute atomic E-state index is 0.348. The van der Waals surface area contributed by atoms with Gasteiger partial charge in [-0.1, -0.05) is 39.8 Å². The zero-order valence-corrected chi connectivity index (χ0v) is 12.7. The maximum Gasteiger partial charge on any atom is 0.119 e. The molecule has 2 aliphatic rings. The molecule has 2 aliphatic carbocycles. The summed E-state index contributed by atoms with van der Waals surface area (Å²) in [5.74, 6) is 1.89. The molecule has 3 atom stereocenters. The number of rotatable bonds is 3. The Bertz CT molecular complexity index is 459. The maximum atomic E-state index is 6.35. The standard InChI is InChI=1S/C18H26O/c1-5-13-6-8-15(9-7-13)19-16-12-14-10-11-18(16,4)17(14,2)3/h6-9,14,16H,5,10-12H2,1-4H3. The van der Waals surface area contributed by atoms with Crippen LogP contribution in [0, 0.1) is 16.7 Å². The molecule has 2 fully saturated rings. The van der Waals surface area contributed by atoms with Crippen molar-refractivity contribution in [3.8, 4) is 5.75 Å². The molecule has 1 heteroatoms. The quantitative estimate of drug-likeness (QED) is 0.753. The highest BCUT2D eigenvalue weighted by Gasteiger charge is 2.62. The molecule has 0 aromatic heterocycles. The van der Waals surface area contributed by atoms with Crippen LogP contribution >= 0.6 is 0 Å². The van der Waals surface area contributed by atoms with Crippen molar-refractivity contribution in [2.45, 2.75) is 59.5 Å². The van der Waals surface area contributed by atoms with E-state index in [9.17, 15) is 0 Å². The Labute approximate surface area is 117 Å². The van der Waals surface area contributed by atoms with E-state index >= 15 is 0 Å². The number of benzene rings is 1. The second kappa shape index (κ2) is 4.26. The average Bonchev–Trinajstić information content (AvgIpc) is 2.73. The smallest absolute Gasteiger partial charge is 0.119 e. The second-order valence-electron chi connectivity index (χ2n) is 7.21. The number of ether oxygens (including phenoxy) is 1. The molecule has 3 unspecified atom stereocenters. The molecule has 0 radical (unpaired) electrons. The van der Waals surface area contributed by atoms with E-state index in [0.717, 1.165) is 18.1 Å². The molecule has 3 rings (SSSR count). The Morgan fingerprint density at radius 2 is 1.84 bits per heavy atom. The van der Waals surface area contributed by atoms with Crippen molar-refractivity contribution in [1.29, 1.82) is 0 Å². The van der Waals surface area contributed by atoms with Gasteiger partial charge >= 0.3 is 0 Å². The lowest BCUT2D eigenvalue weighted by molar-refractivity contribution is 0.0302. The molecule has 1 aromatic carbocycles. The predicted octanol–water partition coefficient (Wildman–Crippen LogP) is 4.84. The lowest BCUT2D eigenvalue weighted by Gasteiger charge is -2.38. The summed E-state index contributed by atoms with van der Waals surface area (Å²) < 4.78 is 6.35. The average molecular weight is 258 g/mol. The molecule has 1 aromatic rings. The van der Waals surface area contributed by atoms with Crippen molar-refractivity contribution < 1.29 is 4.74 Å². The lowest BCUT2D eigenvalue weighted by Crippen LogP contribution is -2.38. The van der Waals surface area contributed by atoms with Crippen molar-refractivity contribution in [1.82, 2.24) is 0 Å². The predicted molar refractivity (Wildman–Crippen MR) is 79.5 cm³/mol. The molecule has 0 amide bonds. The molecule has 0 N–H and O–H groups in total. The Hall–Kier alpha value is -0.980. The summed E-state index contributed by atoms with van der Waals surface area (Å²) in [6.07, 6.45) is 5.43. The highest BCUT2D eigenvalue weighted by atomic mass is 16.5. The number of aryl methyl sites for hydroxylation is 1. The van der Waals surface area contributed by atoms with Gasteiger partial charge in [0.2, 0.25) is 0 Å². The van der Waals surface area contributed by atoms with E-state index in [2.05, 4.69) is 52.0 Å². The van der Waals surface area contributed by atoms with Crippen molar-refractivity contribution >= 4 is 0 Å². The van der Waals surface area contributed by atoms with E-state index < -0.39 is 0 Å². The molecule has 2 bridgehead atoms. The molecular formula is C18H26O. The summed E-state index contributed by atoms with van der Waals surface area (Å²) in [6, 6.07) is 8.66. The molecule has 0 saturated heterocycles. The molecule has 0 aliphatic heterocycles. The van der Waals surface area contributed by atoms with Gasteiger partial charge in [0.05, 0.1) is 0 Å². The van der Waals surface area contributed by atoms with Gasteiger partial charge in [-0.2, -0.15) is 0 Å². The first kappa shape index (κ1) is 13.0. The van der Waals surface area contributed by atoms with Crippen LogP contribution in [0.2, 0.25) is 0 Å². The minimum atomic E-state index is 0.348. The van der Waals surface area contributed by atoms with Crippen LogP contribution in [0.4, 0.5) is 0 Å². The van der Waals surface area contributed by atoms with Crippen LogP contribution in [0.3, 0.4) is 0 Å². The first-order chi connectivity index (χ1) is 8.97. The fourth-order valence-corrected chi connectivity index (χ4v) is 4.28. The van der Waals surface area contributed by atoms with Crippen LogP contribution < -0.4 is 4.74 Å². The monoisotopic (exact) mass is 258 g/mol. The fourth-order valence-electron chi connectivity index (χ4n) is 4.28. The summed E-state index contributed by atoms with van der Waals surface area (Å²) in [7, 11) is 0. The van der Waals surface area contributed by atoms with E-state index in [1.807, 2.05) is 0 Å². The molecule has 104 valence electrons. The first-order valence-electron chi connectivity index (χ1n) is 7.73. The highest BCUT2D eigenvalue weighted by Crippen LogP contribution is 2.66. The van der Waals surface area contributed by atoms with Gasteiger partial charge in [-0.25, -0.2) is 0 Å². The molecule has 1 nitrogen and oxygen atoms in total. The lowest BCUT2D eigenvalue weighted by atomic mass is 9.70. The Kier molecular flexibility index (Phi) is 2.92. The molecule has 0 spiro atoms. The number of fused-ring (bicyclic) bond motifs is 2. The van der Waals surface area contributed by atoms with Crippen LogP contribution in [-0.2, 0) is 6.42 Å². The van der Waals surface area contributed by atoms with Crippen LogP contribution in [0.5, 0.6) is 5.75 Å². The zero-order chi connectivity index (χ0) is 13.7. The third-order valence-electron chi connectivity index (χ3n) is 6.32. The van der Waals surface area contributed by atoms with E-state index in [1.54, 1.807) is 0 Å². The van der Waals surface area contributed by atoms with Gasteiger partial charge in [-0.3, -0.25) is 0 Å². The van der Waals surface area contributed by atoms with Gasteiger partial charge in [-0.05, 0) is 54.7 Å². The van der Waals surface area contributed by atoms with Crippen molar-refractivity contribution in [3.05, 3.63) is 29.8 Å². The zero-order valence-electron chi connectivity index (χ0n) is 12.7. The van der Waals surface area contributed by atoms with Gasteiger partial charge in [0.1, 0.15) is 11.9 Å². The summed E-state index contributed by atoms with van der Waals surface area (Å²) >= 11 is 0. The van der Waals surface area contributed by atoms with Crippen molar-refractivity contribution in [2.24, 2.45) is 16.7 Å². The van der Waals surface area contributed by atoms with Crippen LogP contribution in [0.15, 0.2) is 24.3 Å². The first-order valence-corrected chi connectivity index (χ1v) is 7.73. The highest BCUT2D eigenvalue weighted by molar-refractivity contribution is 5.28. The third-order valence-corrected chi connectivity index (χ3v) is 6.32. The number of hydrogen-bond donors (Lipinski definition) is 0.